The molecule has 0 amide bonds. The van der Waals surface area contributed by atoms with E-state index >= 15 is 0 Å². The van der Waals surface area contributed by atoms with Gasteiger partial charge in [-0.05, 0) is 25.5 Å². The summed E-state index contributed by atoms with van der Waals surface area (Å²) in [5.41, 5.74) is 7.40. The Labute approximate surface area is 110 Å². The molecule has 1 heterocycles. The van der Waals surface area contributed by atoms with Crippen molar-refractivity contribution in [1.82, 2.24) is 9.78 Å². The Kier molecular flexibility index (Phi) is 3.69. The largest absolute Gasteiger partial charge is 0.394 e. The molecule has 1 aromatic carbocycles. The highest BCUT2D eigenvalue weighted by Gasteiger charge is 2.13. The minimum absolute atomic E-state index is 0.307. The van der Waals surface area contributed by atoms with Crippen LogP contribution in [0.4, 0.5) is 26.0 Å². The molecule has 1 aromatic heterocycles. The predicted octanol–water partition coefficient (Wildman–Crippen LogP) is 3.21. The first kappa shape index (κ1) is 13.3. The summed E-state index contributed by atoms with van der Waals surface area (Å²) in [6.07, 6.45) is 0.882. The van der Waals surface area contributed by atoms with Gasteiger partial charge in [-0.15, -0.1) is 0 Å². The van der Waals surface area contributed by atoms with E-state index in [0.29, 0.717) is 29.4 Å². The Morgan fingerprint density at radius 1 is 1.26 bits per heavy atom. The number of hydrogen-bond acceptors (Lipinski definition) is 3. The first-order valence-corrected chi connectivity index (χ1v) is 6.07. The first-order chi connectivity index (χ1) is 9.01. The Balaban J connectivity index is 2.36. The number of halogens is 2. The Hall–Kier alpha value is -2.11. The second-order valence-electron chi connectivity index (χ2n) is 4.35. The van der Waals surface area contributed by atoms with Crippen molar-refractivity contribution in [2.45, 2.75) is 26.8 Å². The molecule has 0 saturated heterocycles. The van der Waals surface area contributed by atoms with Crippen molar-refractivity contribution in [2.24, 2.45) is 0 Å². The fourth-order valence-electron chi connectivity index (χ4n) is 1.86. The molecule has 0 aliphatic carbocycles. The van der Waals surface area contributed by atoms with Crippen LogP contribution in [0.1, 0.15) is 19.0 Å². The monoisotopic (exact) mass is 266 g/mol. The minimum atomic E-state index is -0.639. The lowest BCUT2D eigenvalue weighted by Crippen LogP contribution is -2.06. The van der Waals surface area contributed by atoms with E-state index in [-0.39, 0.29) is 0 Å². The summed E-state index contributed by atoms with van der Waals surface area (Å²) >= 11 is 0. The quantitative estimate of drug-likeness (QED) is 0.893. The van der Waals surface area contributed by atoms with Gasteiger partial charge in [0.2, 0.25) is 0 Å². The fourth-order valence-corrected chi connectivity index (χ4v) is 1.86. The maximum Gasteiger partial charge on any atom is 0.152 e. The number of aromatic nitrogens is 2. The number of nitrogens with zero attached hydrogens (tertiary/aromatic N) is 2. The fraction of sp³-hybridized carbons (Fsp3) is 0.308. The molecule has 6 heteroatoms. The summed E-state index contributed by atoms with van der Waals surface area (Å²) in [7, 11) is 0. The van der Waals surface area contributed by atoms with Crippen molar-refractivity contribution >= 4 is 17.2 Å². The van der Waals surface area contributed by atoms with Crippen molar-refractivity contribution < 1.29 is 8.78 Å². The Bertz CT molecular complexity index is 572. The average Bonchev–Trinajstić information content (AvgIpc) is 2.56. The van der Waals surface area contributed by atoms with E-state index in [9.17, 15) is 8.78 Å². The minimum Gasteiger partial charge on any atom is -0.394 e. The van der Waals surface area contributed by atoms with Gasteiger partial charge >= 0.3 is 0 Å². The van der Waals surface area contributed by atoms with Crippen molar-refractivity contribution in [3.05, 3.63) is 35.5 Å². The third kappa shape index (κ3) is 2.83. The lowest BCUT2D eigenvalue weighted by Gasteiger charge is -2.10. The van der Waals surface area contributed by atoms with Crippen molar-refractivity contribution in [3.8, 4) is 0 Å². The number of benzene rings is 1. The number of nitrogens with two attached hydrogens (primary N) is 1. The van der Waals surface area contributed by atoms with E-state index < -0.39 is 11.6 Å². The molecule has 2 aromatic rings. The first-order valence-electron chi connectivity index (χ1n) is 6.07. The SMILES string of the molecule is CCCn1nc(C)c(N)c1Nc1cc(F)cc(F)c1. The maximum atomic E-state index is 13.2. The zero-order chi connectivity index (χ0) is 14.0. The van der Waals surface area contributed by atoms with Crippen LogP contribution in [-0.4, -0.2) is 9.78 Å². The van der Waals surface area contributed by atoms with Crippen LogP contribution in [-0.2, 0) is 6.54 Å². The highest BCUT2D eigenvalue weighted by Crippen LogP contribution is 2.27. The highest BCUT2D eigenvalue weighted by molar-refractivity contribution is 5.71. The maximum absolute atomic E-state index is 13.2. The third-order valence-corrected chi connectivity index (χ3v) is 2.73. The molecule has 0 fully saturated rings. The smallest absolute Gasteiger partial charge is 0.152 e. The van der Waals surface area contributed by atoms with Crippen molar-refractivity contribution in [2.75, 3.05) is 11.1 Å². The van der Waals surface area contributed by atoms with Gasteiger partial charge in [-0.3, -0.25) is 0 Å². The second-order valence-corrected chi connectivity index (χ2v) is 4.35. The van der Waals surface area contributed by atoms with Crippen LogP contribution in [0.5, 0.6) is 0 Å². The second kappa shape index (κ2) is 5.26. The van der Waals surface area contributed by atoms with E-state index in [2.05, 4.69) is 10.4 Å². The molecule has 0 spiro atoms. The molecule has 19 heavy (non-hydrogen) atoms. The summed E-state index contributed by atoms with van der Waals surface area (Å²) in [4.78, 5) is 0. The van der Waals surface area contributed by atoms with Gasteiger partial charge in [0, 0.05) is 18.3 Å². The van der Waals surface area contributed by atoms with Gasteiger partial charge < -0.3 is 11.1 Å². The number of rotatable bonds is 4. The van der Waals surface area contributed by atoms with Gasteiger partial charge in [-0.2, -0.15) is 5.10 Å². The van der Waals surface area contributed by atoms with E-state index in [0.717, 1.165) is 12.5 Å². The van der Waals surface area contributed by atoms with Crippen LogP contribution in [0, 0.1) is 18.6 Å². The zero-order valence-corrected chi connectivity index (χ0v) is 10.9. The summed E-state index contributed by atoms with van der Waals surface area (Å²) in [5, 5.41) is 7.21. The molecule has 0 radical (unpaired) electrons. The summed E-state index contributed by atoms with van der Waals surface area (Å²) in [6, 6.07) is 3.24. The van der Waals surface area contributed by atoms with E-state index in [4.69, 9.17) is 5.73 Å². The van der Waals surface area contributed by atoms with Crippen LogP contribution < -0.4 is 11.1 Å². The summed E-state index contributed by atoms with van der Waals surface area (Å²) < 4.78 is 28.0. The predicted molar refractivity (Wildman–Crippen MR) is 71.3 cm³/mol. The molecular weight excluding hydrogens is 250 g/mol. The summed E-state index contributed by atoms with van der Waals surface area (Å²) in [6.45, 7) is 4.48. The molecule has 0 aliphatic heterocycles. The summed E-state index contributed by atoms with van der Waals surface area (Å²) in [5.74, 6) is -0.719. The Morgan fingerprint density at radius 2 is 1.89 bits per heavy atom. The standard InChI is InChI=1S/C13H16F2N4/c1-3-4-19-13(12(16)8(2)18-19)17-11-6-9(14)5-10(15)7-11/h5-7,17H,3-4,16H2,1-2H3. The highest BCUT2D eigenvalue weighted by atomic mass is 19.1. The van der Waals surface area contributed by atoms with Gasteiger partial charge in [0.25, 0.3) is 0 Å². The zero-order valence-electron chi connectivity index (χ0n) is 10.9. The molecule has 0 aliphatic rings. The van der Waals surface area contributed by atoms with Gasteiger partial charge in [-0.1, -0.05) is 6.92 Å². The van der Waals surface area contributed by atoms with Crippen LogP contribution >= 0.6 is 0 Å². The van der Waals surface area contributed by atoms with E-state index in [1.165, 1.54) is 12.1 Å². The van der Waals surface area contributed by atoms with Crippen molar-refractivity contribution in [1.29, 1.82) is 0 Å². The molecule has 2 rings (SSSR count). The molecule has 0 atom stereocenters. The number of nitrogen functional groups attached to an aromatic ring is 1. The van der Waals surface area contributed by atoms with Crippen LogP contribution in [0.15, 0.2) is 18.2 Å². The lowest BCUT2D eigenvalue weighted by molar-refractivity contribution is 0.583. The molecule has 102 valence electrons. The number of nitrogens with one attached hydrogen (secondary N) is 1. The normalized spacial score (nSPS) is 10.7. The van der Waals surface area contributed by atoms with Crippen molar-refractivity contribution in [3.63, 3.8) is 0 Å². The third-order valence-electron chi connectivity index (χ3n) is 2.73. The topological polar surface area (TPSA) is 55.9 Å². The van der Waals surface area contributed by atoms with Crippen LogP contribution in [0.3, 0.4) is 0 Å². The average molecular weight is 266 g/mol. The van der Waals surface area contributed by atoms with Gasteiger partial charge in [0.15, 0.2) is 5.82 Å². The molecular formula is C13H16F2N4. The van der Waals surface area contributed by atoms with Crippen LogP contribution in [0.25, 0.3) is 0 Å². The van der Waals surface area contributed by atoms with Gasteiger partial charge in [-0.25, -0.2) is 13.5 Å². The van der Waals surface area contributed by atoms with Crippen LogP contribution in [0.2, 0.25) is 0 Å². The number of aryl methyl sites for hydroxylation is 2. The van der Waals surface area contributed by atoms with Gasteiger partial charge in [0.05, 0.1) is 11.4 Å². The molecule has 4 nitrogen and oxygen atoms in total. The molecule has 0 bridgehead atoms. The Morgan fingerprint density at radius 3 is 2.47 bits per heavy atom. The van der Waals surface area contributed by atoms with E-state index in [1.807, 2.05) is 6.92 Å². The van der Waals surface area contributed by atoms with Gasteiger partial charge in [0.1, 0.15) is 11.6 Å². The molecule has 0 saturated carbocycles. The molecule has 0 unspecified atom stereocenters. The molecule has 3 N–H and O–H groups in total. The lowest BCUT2D eigenvalue weighted by atomic mass is 10.3. The van der Waals surface area contributed by atoms with E-state index in [1.54, 1.807) is 11.6 Å². The number of anilines is 3. The number of hydrogen-bond donors (Lipinski definition) is 2.